The number of benzene rings is 1. The van der Waals surface area contributed by atoms with Gasteiger partial charge in [-0.05, 0) is 36.0 Å². The first-order chi connectivity index (χ1) is 15.8. The smallest absolute Gasteiger partial charge is 0.255 e. The molecule has 0 atom stereocenters. The van der Waals surface area contributed by atoms with Gasteiger partial charge in [-0.3, -0.25) is 19.4 Å². The van der Waals surface area contributed by atoms with Crippen molar-refractivity contribution in [1.82, 2.24) is 14.8 Å². The van der Waals surface area contributed by atoms with E-state index in [0.717, 1.165) is 29.8 Å². The highest BCUT2D eigenvalue weighted by Crippen LogP contribution is 2.28. The van der Waals surface area contributed by atoms with Crippen molar-refractivity contribution in [3.05, 3.63) is 58.9 Å². The number of nitrogens with zero attached hydrogens (tertiary/aromatic N) is 4. The third-order valence-corrected chi connectivity index (χ3v) is 6.60. The summed E-state index contributed by atoms with van der Waals surface area (Å²) in [5.74, 6) is 0.409. The van der Waals surface area contributed by atoms with Crippen molar-refractivity contribution in [2.24, 2.45) is 0 Å². The van der Waals surface area contributed by atoms with E-state index in [2.05, 4.69) is 31.0 Å². The normalized spacial score (nSPS) is 16.1. The van der Waals surface area contributed by atoms with E-state index >= 15 is 0 Å². The highest BCUT2D eigenvalue weighted by atomic mass is 16.2. The molecule has 0 spiro atoms. The van der Waals surface area contributed by atoms with Crippen LogP contribution in [0, 0.1) is 0 Å². The van der Waals surface area contributed by atoms with Crippen LogP contribution in [-0.2, 0) is 22.4 Å². The molecule has 0 bridgehead atoms. The fraction of sp³-hybridized carbons (Fsp3) is 0.462. The summed E-state index contributed by atoms with van der Waals surface area (Å²) in [5, 5.41) is 0. The summed E-state index contributed by atoms with van der Waals surface area (Å²) >= 11 is 0. The molecule has 0 saturated carbocycles. The number of carbonyl (C=O) groups excluding carboxylic acids is 3. The number of carbonyl (C=O) groups is 3. The van der Waals surface area contributed by atoms with Gasteiger partial charge in [0.1, 0.15) is 0 Å². The number of aromatic nitrogens is 1. The summed E-state index contributed by atoms with van der Waals surface area (Å²) < 4.78 is 0. The summed E-state index contributed by atoms with van der Waals surface area (Å²) in [6.07, 6.45) is 3.60. The van der Waals surface area contributed by atoms with Crippen molar-refractivity contribution in [3.8, 4) is 0 Å². The Morgan fingerprint density at radius 3 is 2.27 bits per heavy atom. The zero-order valence-electron chi connectivity index (χ0n) is 19.7. The molecular formula is C26H32N4O3. The molecule has 7 nitrogen and oxygen atoms in total. The Bertz CT molecular complexity index is 1040. The molecule has 174 valence electrons. The molecule has 3 heterocycles. The minimum absolute atomic E-state index is 0.0229. The highest BCUT2D eigenvalue weighted by molar-refractivity contribution is 5.99. The molecule has 3 amide bonds. The second-order valence-corrected chi connectivity index (χ2v) is 9.21. The van der Waals surface area contributed by atoms with E-state index in [1.165, 1.54) is 5.56 Å². The minimum atomic E-state index is -0.101. The minimum Gasteiger partial charge on any atom is -0.339 e. The quantitative estimate of drug-likeness (QED) is 0.721. The van der Waals surface area contributed by atoms with Crippen LogP contribution in [0.25, 0.3) is 0 Å². The molecule has 2 aromatic rings. The van der Waals surface area contributed by atoms with Crippen molar-refractivity contribution >= 4 is 23.4 Å². The van der Waals surface area contributed by atoms with Gasteiger partial charge < -0.3 is 14.7 Å². The molecule has 33 heavy (non-hydrogen) atoms. The maximum atomic E-state index is 13.2. The molecule has 0 aliphatic carbocycles. The van der Waals surface area contributed by atoms with Crippen molar-refractivity contribution in [3.63, 3.8) is 0 Å². The van der Waals surface area contributed by atoms with E-state index in [4.69, 9.17) is 0 Å². The molecular weight excluding hydrogens is 416 g/mol. The van der Waals surface area contributed by atoms with Crippen LogP contribution in [0.4, 0.5) is 5.69 Å². The van der Waals surface area contributed by atoms with Crippen LogP contribution in [0.15, 0.2) is 36.5 Å². The fourth-order valence-corrected chi connectivity index (χ4v) is 4.51. The lowest BCUT2D eigenvalue weighted by atomic mass is 10.00. The predicted octanol–water partition coefficient (Wildman–Crippen LogP) is 3.03. The van der Waals surface area contributed by atoms with Gasteiger partial charge in [-0.2, -0.15) is 0 Å². The first-order valence-corrected chi connectivity index (χ1v) is 11.8. The van der Waals surface area contributed by atoms with Crippen LogP contribution in [-0.4, -0.2) is 65.2 Å². The molecule has 2 aliphatic rings. The molecule has 4 rings (SSSR count). The number of rotatable bonds is 4. The van der Waals surface area contributed by atoms with Gasteiger partial charge in [-0.25, -0.2) is 0 Å². The largest absolute Gasteiger partial charge is 0.339 e. The van der Waals surface area contributed by atoms with Crippen LogP contribution < -0.4 is 4.90 Å². The summed E-state index contributed by atoms with van der Waals surface area (Å²) in [5.41, 5.74) is 4.35. The third kappa shape index (κ3) is 5.07. The van der Waals surface area contributed by atoms with Gasteiger partial charge in [-0.1, -0.05) is 38.1 Å². The van der Waals surface area contributed by atoms with Crippen LogP contribution in [0.2, 0.25) is 0 Å². The molecule has 7 heteroatoms. The van der Waals surface area contributed by atoms with Crippen molar-refractivity contribution in [1.29, 1.82) is 0 Å². The SMILES string of the molecule is CC(=O)N1CCN(C(=O)c2cnc3c(c2)N(C(=O)Cc2ccc(C(C)C)cc2)CCC3)CC1. The lowest BCUT2D eigenvalue weighted by molar-refractivity contribution is -0.130. The highest BCUT2D eigenvalue weighted by Gasteiger charge is 2.27. The standard InChI is InChI=1S/C26H32N4O3/c1-18(2)21-8-6-20(7-9-21)15-25(32)30-10-4-5-23-24(30)16-22(17-27-23)26(33)29-13-11-28(12-14-29)19(3)31/h6-9,16-18H,4-5,10-15H2,1-3H3. The van der Waals surface area contributed by atoms with E-state index < -0.39 is 0 Å². The van der Waals surface area contributed by atoms with Gasteiger partial charge in [0, 0.05) is 45.8 Å². The van der Waals surface area contributed by atoms with Gasteiger partial charge >= 0.3 is 0 Å². The lowest BCUT2D eigenvalue weighted by Gasteiger charge is -2.34. The van der Waals surface area contributed by atoms with Crippen molar-refractivity contribution in [2.45, 2.75) is 46.0 Å². The van der Waals surface area contributed by atoms with E-state index in [9.17, 15) is 14.4 Å². The molecule has 1 aromatic carbocycles. The van der Waals surface area contributed by atoms with E-state index in [-0.39, 0.29) is 17.7 Å². The summed E-state index contributed by atoms with van der Waals surface area (Å²) in [7, 11) is 0. The molecule has 0 N–H and O–H groups in total. The first kappa shape index (κ1) is 23.0. The lowest BCUT2D eigenvalue weighted by Crippen LogP contribution is -2.50. The van der Waals surface area contributed by atoms with Crippen LogP contribution >= 0.6 is 0 Å². The maximum absolute atomic E-state index is 13.2. The Hall–Kier alpha value is -3.22. The Kier molecular flexibility index (Phi) is 6.77. The number of piperazine rings is 1. The second kappa shape index (κ2) is 9.73. The number of aryl methyl sites for hydroxylation is 1. The molecule has 2 aliphatic heterocycles. The van der Waals surface area contributed by atoms with E-state index in [1.54, 1.807) is 27.8 Å². The second-order valence-electron chi connectivity index (χ2n) is 9.21. The molecule has 0 radical (unpaired) electrons. The maximum Gasteiger partial charge on any atom is 0.255 e. The zero-order valence-corrected chi connectivity index (χ0v) is 19.7. The monoisotopic (exact) mass is 448 g/mol. The van der Waals surface area contributed by atoms with Gasteiger partial charge in [0.05, 0.1) is 23.4 Å². The van der Waals surface area contributed by atoms with Crippen LogP contribution in [0.3, 0.4) is 0 Å². The molecule has 1 fully saturated rings. The number of amides is 3. The van der Waals surface area contributed by atoms with E-state index in [0.29, 0.717) is 50.6 Å². The van der Waals surface area contributed by atoms with Crippen LogP contribution in [0.5, 0.6) is 0 Å². The number of anilines is 1. The predicted molar refractivity (Wildman–Crippen MR) is 127 cm³/mol. The summed E-state index contributed by atoms with van der Waals surface area (Å²) in [4.78, 5) is 47.7. The molecule has 1 saturated heterocycles. The number of hydrogen-bond donors (Lipinski definition) is 0. The fourth-order valence-electron chi connectivity index (χ4n) is 4.51. The van der Waals surface area contributed by atoms with Gasteiger partial charge in [0.15, 0.2) is 0 Å². The van der Waals surface area contributed by atoms with Gasteiger partial charge in [0.2, 0.25) is 11.8 Å². The summed E-state index contributed by atoms with van der Waals surface area (Å²) in [6, 6.07) is 10.0. The van der Waals surface area contributed by atoms with Crippen molar-refractivity contribution in [2.75, 3.05) is 37.6 Å². The van der Waals surface area contributed by atoms with Gasteiger partial charge in [-0.15, -0.1) is 0 Å². The third-order valence-electron chi connectivity index (χ3n) is 6.60. The van der Waals surface area contributed by atoms with Crippen molar-refractivity contribution < 1.29 is 14.4 Å². The van der Waals surface area contributed by atoms with Gasteiger partial charge in [0.25, 0.3) is 5.91 Å². The van der Waals surface area contributed by atoms with Crippen LogP contribution in [0.1, 0.15) is 60.3 Å². The first-order valence-electron chi connectivity index (χ1n) is 11.8. The zero-order chi connectivity index (χ0) is 23.5. The molecule has 1 aromatic heterocycles. The number of fused-ring (bicyclic) bond motifs is 1. The summed E-state index contributed by atoms with van der Waals surface area (Å²) in [6.45, 7) is 8.58. The average Bonchev–Trinajstić information content (AvgIpc) is 2.83. The number of pyridine rings is 1. The topological polar surface area (TPSA) is 73.8 Å². The average molecular weight is 449 g/mol. The molecule has 0 unspecified atom stereocenters. The van der Waals surface area contributed by atoms with E-state index in [1.807, 2.05) is 18.2 Å². The Balaban J connectivity index is 1.49. The Morgan fingerprint density at radius 1 is 0.970 bits per heavy atom. The Morgan fingerprint density at radius 2 is 1.64 bits per heavy atom. The Labute approximate surface area is 195 Å². The number of hydrogen-bond acceptors (Lipinski definition) is 4.